The van der Waals surface area contributed by atoms with Crippen molar-refractivity contribution < 1.29 is 22.4 Å². The van der Waals surface area contributed by atoms with Gasteiger partial charge in [-0.1, -0.05) is 6.07 Å². The number of amides is 2. The molecule has 2 amide bonds. The number of sulfonamides is 1. The molecule has 0 aliphatic heterocycles. The fourth-order valence-corrected chi connectivity index (χ4v) is 3.11. The average molecular weight is 365 g/mol. The van der Waals surface area contributed by atoms with Crippen LogP contribution in [0, 0.1) is 0 Å². The molecule has 0 saturated heterocycles. The van der Waals surface area contributed by atoms with Crippen molar-refractivity contribution in [1.29, 1.82) is 0 Å². The standard InChI is InChI=1S/C16H19N3O5S/c1-12(20)18-13-5-3-6-14(11-13)19(25(2,22)23)9-8-17-16(21)15-7-4-10-24-15/h3-7,10-11H,8-9H2,1-2H3,(H,17,21)(H,18,20). The number of hydrogen-bond acceptors (Lipinski definition) is 5. The number of nitrogens with one attached hydrogen (secondary N) is 2. The summed E-state index contributed by atoms with van der Waals surface area (Å²) in [5.41, 5.74) is 0.874. The number of benzene rings is 1. The van der Waals surface area contributed by atoms with Crippen LogP contribution in [0.25, 0.3) is 0 Å². The van der Waals surface area contributed by atoms with Crippen molar-refractivity contribution in [2.24, 2.45) is 0 Å². The molecule has 1 aromatic heterocycles. The largest absolute Gasteiger partial charge is 0.459 e. The molecule has 25 heavy (non-hydrogen) atoms. The van der Waals surface area contributed by atoms with Gasteiger partial charge in [0.05, 0.1) is 24.8 Å². The predicted octanol–water partition coefficient (Wildman–Crippen LogP) is 1.43. The number of nitrogens with zero attached hydrogens (tertiary/aromatic N) is 1. The summed E-state index contributed by atoms with van der Waals surface area (Å²) in [5.74, 6) is -0.530. The number of carbonyl (C=O) groups excluding carboxylic acids is 2. The maximum absolute atomic E-state index is 12.1. The van der Waals surface area contributed by atoms with E-state index >= 15 is 0 Å². The van der Waals surface area contributed by atoms with Crippen LogP contribution in [-0.4, -0.2) is 39.6 Å². The second-order valence-electron chi connectivity index (χ2n) is 5.30. The molecule has 1 aromatic carbocycles. The van der Waals surface area contributed by atoms with E-state index in [0.717, 1.165) is 10.6 Å². The second-order valence-corrected chi connectivity index (χ2v) is 7.21. The minimum Gasteiger partial charge on any atom is -0.459 e. The lowest BCUT2D eigenvalue weighted by molar-refractivity contribution is -0.114. The molecule has 9 heteroatoms. The highest BCUT2D eigenvalue weighted by Crippen LogP contribution is 2.21. The van der Waals surface area contributed by atoms with Gasteiger partial charge in [0.1, 0.15) is 0 Å². The van der Waals surface area contributed by atoms with E-state index in [2.05, 4.69) is 10.6 Å². The molecule has 1 heterocycles. The van der Waals surface area contributed by atoms with E-state index in [9.17, 15) is 18.0 Å². The van der Waals surface area contributed by atoms with Crippen molar-refractivity contribution in [2.75, 3.05) is 29.0 Å². The molecule has 0 atom stereocenters. The SMILES string of the molecule is CC(=O)Nc1cccc(N(CCNC(=O)c2ccco2)S(C)(=O)=O)c1. The van der Waals surface area contributed by atoms with Gasteiger partial charge in [-0.2, -0.15) is 0 Å². The molecule has 0 saturated carbocycles. The summed E-state index contributed by atoms with van der Waals surface area (Å²) >= 11 is 0. The van der Waals surface area contributed by atoms with Crippen LogP contribution in [0.15, 0.2) is 47.1 Å². The molecule has 134 valence electrons. The van der Waals surface area contributed by atoms with Crippen molar-refractivity contribution in [3.63, 3.8) is 0 Å². The number of anilines is 2. The lowest BCUT2D eigenvalue weighted by Gasteiger charge is -2.23. The molecule has 0 aliphatic rings. The van der Waals surface area contributed by atoms with Crippen LogP contribution in [0.1, 0.15) is 17.5 Å². The summed E-state index contributed by atoms with van der Waals surface area (Å²) in [5, 5.41) is 5.20. The molecule has 0 aliphatic carbocycles. The van der Waals surface area contributed by atoms with E-state index in [1.807, 2.05) is 0 Å². The van der Waals surface area contributed by atoms with Gasteiger partial charge in [-0.25, -0.2) is 8.42 Å². The van der Waals surface area contributed by atoms with Crippen LogP contribution < -0.4 is 14.9 Å². The predicted molar refractivity (Wildman–Crippen MR) is 94.0 cm³/mol. The van der Waals surface area contributed by atoms with Gasteiger partial charge in [-0.15, -0.1) is 0 Å². The zero-order chi connectivity index (χ0) is 18.4. The van der Waals surface area contributed by atoms with E-state index in [4.69, 9.17) is 4.42 Å². The molecule has 0 bridgehead atoms. The van der Waals surface area contributed by atoms with Gasteiger partial charge in [0.2, 0.25) is 15.9 Å². The summed E-state index contributed by atoms with van der Waals surface area (Å²) in [6.45, 7) is 1.50. The van der Waals surface area contributed by atoms with E-state index < -0.39 is 15.9 Å². The van der Waals surface area contributed by atoms with Gasteiger partial charge < -0.3 is 15.1 Å². The van der Waals surface area contributed by atoms with Gasteiger partial charge in [0, 0.05) is 19.2 Å². The Balaban J connectivity index is 2.09. The molecule has 2 aromatic rings. The van der Waals surface area contributed by atoms with Crippen molar-refractivity contribution >= 4 is 33.2 Å². The quantitative estimate of drug-likeness (QED) is 0.772. The Morgan fingerprint density at radius 3 is 2.56 bits per heavy atom. The lowest BCUT2D eigenvalue weighted by Crippen LogP contribution is -2.38. The summed E-state index contributed by atoms with van der Waals surface area (Å²) in [7, 11) is -3.57. The molecule has 0 radical (unpaired) electrons. The van der Waals surface area contributed by atoms with Crippen molar-refractivity contribution in [3.05, 3.63) is 48.4 Å². The lowest BCUT2D eigenvalue weighted by atomic mass is 10.2. The van der Waals surface area contributed by atoms with Crippen LogP contribution in [0.5, 0.6) is 0 Å². The molecule has 2 rings (SSSR count). The summed E-state index contributed by atoms with van der Waals surface area (Å²) in [6.07, 6.45) is 2.46. The van der Waals surface area contributed by atoms with Crippen LogP contribution in [0.4, 0.5) is 11.4 Å². The topological polar surface area (TPSA) is 109 Å². The molecular formula is C16H19N3O5S. The molecule has 0 fully saturated rings. The Morgan fingerprint density at radius 1 is 1.20 bits per heavy atom. The Kier molecular flexibility index (Phi) is 5.81. The Bertz CT molecular complexity index is 846. The fourth-order valence-electron chi connectivity index (χ4n) is 2.19. The highest BCUT2D eigenvalue weighted by Gasteiger charge is 2.18. The van der Waals surface area contributed by atoms with Crippen molar-refractivity contribution in [2.45, 2.75) is 6.92 Å². The Hall–Kier alpha value is -2.81. The van der Waals surface area contributed by atoms with E-state index in [0.29, 0.717) is 11.4 Å². The second kappa shape index (κ2) is 7.84. The zero-order valence-corrected chi connectivity index (χ0v) is 14.7. The van der Waals surface area contributed by atoms with Gasteiger partial charge in [-0.3, -0.25) is 13.9 Å². The minimum absolute atomic E-state index is 0.0365. The molecular weight excluding hydrogens is 346 g/mol. The van der Waals surface area contributed by atoms with Crippen LogP contribution in [0.3, 0.4) is 0 Å². The number of furan rings is 1. The van der Waals surface area contributed by atoms with Crippen LogP contribution >= 0.6 is 0 Å². The fraction of sp³-hybridized carbons (Fsp3) is 0.250. The normalized spacial score (nSPS) is 11.0. The third kappa shape index (κ3) is 5.35. The first-order valence-corrected chi connectivity index (χ1v) is 9.29. The van der Waals surface area contributed by atoms with Crippen molar-refractivity contribution in [1.82, 2.24) is 5.32 Å². The molecule has 0 unspecified atom stereocenters. The van der Waals surface area contributed by atoms with E-state index in [1.165, 1.54) is 19.3 Å². The maximum atomic E-state index is 12.1. The van der Waals surface area contributed by atoms with E-state index in [1.54, 1.807) is 30.3 Å². The highest BCUT2D eigenvalue weighted by molar-refractivity contribution is 7.92. The molecule has 0 spiro atoms. The smallest absolute Gasteiger partial charge is 0.287 e. The first-order valence-electron chi connectivity index (χ1n) is 7.44. The Morgan fingerprint density at radius 2 is 1.96 bits per heavy atom. The number of hydrogen-bond donors (Lipinski definition) is 2. The summed E-state index contributed by atoms with van der Waals surface area (Å²) in [6, 6.07) is 9.56. The minimum atomic E-state index is -3.57. The monoisotopic (exact) mass is 365 g/mol. The highest BCUT2D eigenvalue weighted by atomic mass is 32.2. The van der Waals surface area contributed by atoms with Gasteiger partial charge in [-0.05, 0) is 30.3 Å². The third-order valence-electron chi connectivity index (χ3n) is 3.20. The number of carbonyl (C=O) groups is 2. The van der Waals surface area contributed by atoms with Gasteiger partial charge in [0.25, 0.3) is 5.91 Å². The number of rotatable bonds is 7. The van der Waals surface area contributed by atoms with Gasteiger partial charge >= 0.3 is 0 Å². The van der Waals surface area contributed by atoms with Crippen LogP contribution in [0.2, 0.25) is 0 Å². The summed E-state index contributed by atoms with van der Waals surface area (Å²) in [4.78, 5) is 23.0. The van der Waals surface area contributed by atoms with Gasteiger partial charge in [0.15, 0.2) is 5.76 Å². The van der Waals surface area contributed by atoms with Crippen molar-refractivity contribution in [3.8, 4) is 0 Å². The van der Waals surface area contributed by atoms with Crippen LogP contribution in [-0.2, 0) is 14.8 Å². The molecule has 2 N–H and O–H groups in total. The first kappa shape index (κ1) is 18.5. The zero-order valence-electron chi connectivity index (χ0n) is 13.9. The maximum Gasteiger partial charge on any atom is 0.287 e. The molecule has 8 nitrogen and oxygen atoms in total. The Labute approximate surface area is 145 Å². The third-order valence-corrected chi connectivity index (χ3v) is 4.39. The average Bonchev–Trinajstić information content (AvgIpc) is 3.04. The summed E-state index contributed by atoms with van der Waals surface area (Å²) < 4.78 is 30.3. The van der Waals surface area contributed by atoms with E-state index in [-0.39, 0.29) is 24.8 Å². The first-order chi connectivity index (χ1) is 11.8.